The van der Waals surface area contributed by atoms with Gasteiger partial charge in [-0.2, -0.15) is 0 Å². The minimum absolute atomic E-state index is 0.0532. The van der Waals surface area contributed by atoms with Crippen LogP contribution < -0.4 is 0 Å². The number of amides is 1. The number of rotatable bonds is 3. The highest BCUT2D eigenvalue weighted by Gasteiger charge is 2.31. The van der Waals surface area contributed by atoms with E-state index in [4.69, 9.17) is 4.98 Å². The van der Waals surface area contributed by atoms with Crippen LogP contribution in [0.25, 0.3) is 16.3 Å². The summed E-state index contributed by atoms with van der Waals surface area (Å²) in [6.07, 6.45) is 5.55. The molecule has 2 aromatic carbocycles. The molecule has 1 fully saturated rings. The number of carbonyl (C=O) groups excluding carboxylic acids is 1. The van der Waals surface area contributed by atoms with Gasteiger partial charge in [0, 0.05) is 17.1 Å². The number of hydrogen-bond donors (Lipinski definition) is 0. The average Bonchev–Trinajstić information content (AvgIpc) is 3.27. The van der Waals surface area contributed by atoms with Crippen molar-refractivity contribution in [3.63, 3.8) is 0 Å². The lowest BCUT2D eigenvalue weighted by Gasteiger charge is -2.21. The molecule has 126 valence electrons. The maximum absolute atomic E-state index is 12.7. The third-order valence-electron chi connectivity index (χ3n) is 4.44. The van der Waals surface area contributed by atoms with Crippen LogP contribution in [0.15, 0.2) is 59.1 Å². The van der Waals surface area contributed by atoms with Gasteiger partial charge in [-0.05, 0) is 42.7 Å². The Hall–Kier alpha value is -1.98. The monoisotopic (exact) mass is 412 g/mol. The van der Waals surface area contributed by atoms with Crippen molar-refractivity contribution < 1.29 is 4.79 Å². The summed E-state index contributed by atoms with van der Waals surface area (Å²) in [7, 11) is 0. The fraction of sp³-hybridized carbons (Fsp3) is 0.200. The first-order valence-electron chi connectivity index (χ1n) is 8.31. The van der Waals surface area contributed by atoms with Crippen molar-refractivity contribution in [2.75, 3.05) is 6.54 Å². The Bertz CT molecular complexity index is 917. The summed E-state index contributed by atoms with van der Waals surface area (Å²) in [5.74, 6) is 0.0532. The summed E-state index contributed by atoms with van der Waals surface area (Å²) in [5.41, 5.74) is 2.03. The maximum atomic E-state index is 12.7. The van der Waals surface area contributed by atoms with Gasteiger partial charge in [0.1, 0.15) is 5.01 Å². The Morgan fingerprint density at radius 3 is 2.84 bits per heavy atom. The Kier molecular flexibility index (Phi) is 4.68. The molecule has 25 heavy (non-hydrogen) atoms. The van der Waals surface area contributed by atoms with Crippen LogP contribution in [0, 0.1) is 0 Å². The van der Waals surface area contributed by atoms with Gasteiger partial charge >= 0.3 is 0 Å². The topological polar surface area (TPSA) is 33.2 Å². The summed E-state index contributed by atoms with van der Waals surface area (Å²) in [5, 5.41) is 1.04. The SMILES string of the molecule is O=C(/C=C/c1ccccc1Br)N1CCCC1c1nc2ccccc2s1. The molecular weight excluding hydrogens is 396 g/mol. The van der Waals surface area contributed by atoms with Crippen molar-refractivity contribution in [1.29, 1.82) is 0 Å². The molecule has 1 unspecified atom stereocenters. The second-order valence-electron chi connectivity index (χ2n) is 6.06. The standard InChI is InChI=1S/C20H17BrN2OS/c21-15-7-2-1-6-14(15)11-12-19(24)23-13-5-9-17(23)20-22-16-8-3-4-10-18(16)25-20/h1-4,6-8,10-12,17H,5,9,13H2/b12-11+. The predicted octanol–water partition coefficient (Wildman–Crippen LogP) is 5.44. The van der Waals surface area contributed by atoms with Gasteiger partial charge in [0.15, 0.2) is 0 Å². The van der Waals surface area contributed by atoms with Gasteiger partial charge in [-0.3, -0.25) is 4.79 Å². The lowest BCUT2D eigenvalue weighted by molar-refractivity contribution is -0.126. The van der Waals surface area contributed by atoms with Crippen LogP contribution in [0.3, 0.4) is 0 Å². The summed E-state index contributed by atoms with van der Waals surface area (Å²) in [6.45, 7) is 0.791. The van der Waals surface area contributed by atoms with Crippen LogP contribution >= 0.6 is 27.3 Å². The number of likely N-dealkylation sites (tertiary alicyclic amines) is 1. The predicted molar refractivity (Wildman–Crippen MR) is 106 cm³/mol. The molecule has 1 aliphatic rings. The number of para-hydroxylation sites is 1. The van der Waals surface area contributed by atoms with E-state index in [9.17, 15) is 4.79 Å². The molecule has 0 spiro atoms. The number of carbonyl (C=O) groups is 1. The van der Waals surface area contributed by atoms with Gasteiger partial charge in [-0.15, -0.1) is 11.3 Å². The van der Waals surface area contributed by atoms with Gasteiger partial charge in [-0.1, -0.05) is 46.3 Å². The van der Waals surface area contributed by atoms with E-state index in [1.807, 2.05) is 53.4 Å². The van der Waals surface area contributed by atoms with Crippen molar-refractivity contribution >= 4 is 49.5 Å². The molecule has 3 aromatic rings. The van der Waals surface area contributed by atoms with Crippen LogP contribution in [0.2, 0.25) is 0 Å². The quantitative estimate of drug-likeness (QED) is 0.536. The molecule has 0 saturated carbocycles. The van der Waals surface area contributed by atoms with Crippen LogP contribution in [0.4, 0.5) is 0 Å². The van der Waals surface area contributed by atoms with Crippen LogP contribution in [0.5, 0.6) is 0 Å². The summed E-state index contributed by atoms with van der Waals surface area (Å²) in [4.78, 5) is 19.4. The molecule has 1 amide bonds. The molecule has 1 aromatic heterocycles. The van der Waals surface area contributed by atoms with E-state index in [0.29, 0.717) is 0 Å². The van der Waals surface area contributed by atoms with E-state index >= 15 is 0 Å². The minimum Gasteiger partial charge on any atom is -0.330 e. The highest BCUT2D eigenvalue weighted by atomic mass is 79.9. The summed E-state index contributed by atoms with van der Waals surface area (Å²) >= 11 is 5.21. The van der Waals surface area contributed by atoms with Crippen molar-refractivity contribution in [1.82, 2.24) is 9.88 Å². The zero-order valence-electron chi connectivity index (χ0n) is 13.6. The first-order chi connectivity index (χ1) is 12.2. The largest absolute Gasteiger partial charge is 0.330 e. The first kappa shape index (κ1) is 16.5. The van der Waals surface area contributed by atoms with E-state index in [1.165, 1.54) is 4.70 Å². The van der Waals surface area contributed by atoms with Crippen LogP contribution in [0.1, 0.15) is 29.5 Å². The number of benzene rings is 2. The molecule has 2 heterocycles. The molecule has 5 heteroatoms. The molecule has 1 aliphatic heterocycles. The van der Waals surface area contributed by atoms with E-state index < -0.39 is 0 Å². The molecule has 0 N–H and O–H groups in total. The minimum atomic E-state index is 0.0532. The van der Waals surface area contributed by atoms with E-state index in [-0.39, 0.29) is 11.9 Å². The molecule has 0 bridgehead atoms. The number of nitrogens with zero attached hydrogens (tertiary/aromatic N) is 2. The van der Waals surface area contributed by atoms with Crippen molar-refractivity contribution in [3.05, 3.63) is 69.7 Å². The molecule has 3 nitrogen and oxygen atoms in total. The first-order valence-corrected chi connectivity index (χ1v) is 9.92. The molecule has 4 rings (SSSR count). The smallest absolute Gasteiger partial charge is 0.247 e. The maximum Gasteiger partial charge on any atom is 0.247 e. The van der Waals surface area contributed by atoms with Crippen LogP contribution in [-0.2, 0) is 4.79 Å². The number of fused-ring (bicyclic) bond motifs is 1. The second-order valence-corrected chi connectivity index (χ2v) is 7.98. The third kappa shape index (κ3) is 3.39. The number of aromatic nitrogens is 1. The Balaban J connectivity index is 1.56. The fourth-order valence-electron chi connectivity index (χ4n) is 3.19. The average molecular weight is 413 g/mol. The zero-order chi connectivity index (χ0) is 17.2. The third-order valence-corrected chi connectivity index (χ3v) is 6.30. The highest BCUT2D eigenvalue weighted by Crippen LogP contribution is 2.36. The highest BCUT2D eigenvalue weighted by molar-refractivity contribution is 9.10. The number of halogens is 1. The lowest BCUT2D eigenvalue weighted by atomic mass is 10.2. The van der Waals surface area contributed by atoms with Gasteiger partial charge in [0.05, 0.1) is 16.3 Å². The molecule has 0 radical (unpaired) electrons. The normalized spacial score (nSPS) is 17.6. The Morgan fingerprint density at radius 2 is 2.00 bits per heavy atom. The molecule has 1 saturated heterocycles. The van der Waals surface area contributed by atoms with Gasteiger partial charge in [0.25, 0.3) is 0 Å². The number of thiazole rings is 1. The lowest BCUT2D eigenvalue weighted by Crippen LogP contribution is -2.28. The van der Waals surface area contributed by atoms with Gasteiger partial charge < -0.3 is 4.90 Å². The van der Waals surface area contributed by atoms with Gasteiger partial charge in [0.2, 0.25) is 5.91 Å². The van der Waals surface area contributed by atoms with Gasteiger partial charge in [-0.25, -0.2) is 4.98 Å². The fourth-order valence-corrected chi connectivity index (χ4v) is 4.72. The van der Waals surface area contributed by atoms with Crippen LogP contribution in [-0.4, -0.2) is 22.3 Å². The number of hydrogen-bond acceptors (Lipinski definition) is 3. The summed E-state index contributed by atoms with van der Waals surface area (Å²) < 4.78 is 2.17. The van der Waals surface area contributed by atoms with Crippen molar-refractivity contribution in [2.24, 2.45) is 0 Å². The zero-order valence-corrected chi connectivity index (χ0v) is 16.0. The Labute approximate surface area is 159 Å². The van der Waals surface area contributed by atoms with Crippen molar-refractivity contribution in [3.8, 4) is 0 Å². The molecule has 1 atom stereocenters. The molecule has 0 aliphatic carbocycles. The summed E-state index contributed by atoms with van der Waals surface area (Å²) in [6, 6.07) is 16.1. The Morgan fingerprint density at radius 1 is 1.20 bits per heavy atom. The second kappa shape index (κ2) is 7.10. The van der Waals surface area contributed by atoms with Crippen molar-refractivity contribution in [2.45, 2.75) is 18.9 Å². The molecular formula is C20H17BrN2OS. The van der Waals surface area contributed by atoms with E-state index in [2.05, 4.69) is 22.0 Å². The van der Waals surface area contributed by atoms with E-state index in [0.717, 1.165) is 39.9 Å². The van der Waals surface area contributed by atoms with E-state index in [1.54, 1.807) is 17.4 Å².